The van der Waals surface area contributed by atoms with Gasteiger partial charge >= 0.3 is 5.97 Å². The van der Waals surface area contributed by atoms with Crippen LogP contribution < -0.4 is 5.32 Å². The highest BCUT2D eigenvalue weighted by atomic mass is 32.1. The van der Waals surface area contributed by atoms with Gasteiger partial charge in [0.15, 0.2) is 0 Å². The molecule has 1 aromatic heterocycles. The standard InChI is InChI=1S/C17H26N2O3S/c1-11(2)14(10-19-7-5-4-6-8-19)18-16(20)13-9-15(17(21)22)23-12(13)3/h9,11,14H,4-8,10H2,1-3H3,(H,18,20)(H,21,22). The van der Waals surface area contributed by atoms with Crippen LogP contribution in [-0.2, 0) is 0 Å². The van der Waals surface area contributed by atoms with E-state index < -0.39 is 5.97 Å². The zero-order valence-electron chi connectivity index (χ0n) is 14.1. The second-order valence-corrected chi connectivity index (χ2v) is 7.83. The van der Waals surface area contributed by atoms with Crippen molar-refractivity contribution >= 4 is 23.2 Å². The molecule has 128 valence electrons. The van der Waals surface area contributed by atoms with Crippen molar-refractivity contribution in [3.63, 3.8) is 0 Å². The molecule has 23 heavy (non-hydrogen) atoms. The maximum absolute atomic E-state index is 12.5. The number of thiophene rings is 1. The Bertz CT molecular complexity index is 562. The molecule has 1 atom stereocenters. The Kier molecular flexibility index (Phi) is 6.18. The van der Waals surface area contributed by atoms with Gasteiger partial charge in [0.25, 0.3) is 5.91 Å². The third kappa shape index (κ3) is 4.78. The maximum Gasteiger partial charge on any atom is 0.345 e. The number of piperidine rings is 1. The number of aromatic carboxylic acids is 1. The molecule has 1 saturated heterocycles. The van der Waals surface area contributed by atoms with Crippen molar-refractivity contribution < 1.29 is 14.7 Å². The van der Waals surface area contributed by atoms with Crippen LogP contribution in [0.1, 0.15) is 58.0 Å². The van der Waals surface area contributed by atoms with Crippen LogP contribution in [-0.4, -0.2) is 47.6 Å². The maximum atomic E-state index is 12.5. The minimum atomic E-state index is -0.981. The van der Waals surface area contributed by atoms with Crippen LogP contribution in [0.15, 0.2) is 6.07 Å². The van der Waals surface area contributed by atoms with Crippen LogP contribution in [0.3, 0.4) is 0 Å². The predicted molar refractivity (Wildman–Crippen MR) is 92.4 cm³/mol. The third-order valence-corrected chi connectivity index (χ3v) is 5.44. The normalized spacial score (nSPS) is 17.2. The molecule has 0 aliphatic carbocycles. The van der Waals surface area contributed by atoms with E-state index in [1.54, 1.807) is 6.92 Å². The number of hydrogen-bond donors (Lipinski definition) is 2. The second-order valence-electron chi connectivity index (χ2n) is 6.57. The van der Waals surface area contributed by atoms with Crippen molar-refractivity contribution in [3.8, 4) is 0 Å². The average molecular weight is 338 g/mol. The summed E-state index contributed by atoms with van der Waals surface area (Å²) in [6.45, 7) is 9.06. The molecule has 0 spiro atoms. The van der Waals surface area contributed by atoms with Crippen molar-refractivity contribution in [1.29, 1.82) is 0 Å². The van der Waals surface area contributed by atoms with E-state index in [9.17, 15) is 9.59 Å². The van der Waals surface area contributed by atoms with Crippen LogP contribution in [0.4, 0.5) is 0 Å². The van der Waals surface area contributed by atoms with Crippen molar-refractivity contribution in [1.82, 2.24) is 10.2 Å². The molecule has 1 aromatic rings. The smallest absolute Gasteiger partial charge is 0.345 e. The lowest BCUT2D eigenvalue weighted by molar-refractivity contribution is 0.0702. The number of carbonyl (C=O) groups is 2. The van der Waals surface area contributed by atoms with E-state index in [1.807, 2.05) is 0 Å². The Hall–Kier alpha value is -1.40. The summed E-state index contributed by atoms with van der Waals surface area (Å²) in [5.74, 6) is -0.813. The summed E-state index contributed by atoms with van der Waals surface area (Å²) in [6, 6.07) is 1.56. The molecule has 1 aliphatic rings. The molecule has 0 saturated carbocycles. The van der Waals surface area contributed by atoms with Gasteiger partial charge in [0.1, 0.15) is 4.88 Å². The Morgan fingerprint density at radius 1 is 1.30 bits per heavy atom. The molecule has 2 rings (SSSR count). The van der Waals surface area contributed by atoms with Gasteiger partial charge in [0, 0.05) is 17.5 Å². The average Bonchev–Trinajstić information content (AvgIpc) is 2.90. The first-order valence-corrected chi connectivity index (χ1v) is 9.07. The Labute approximate surface area is 141 Å². The van der Waals surface area contributed by atoms with E-state index in [0.29, 0.717) is 11.5 Å². The van der Waals surface area contributed by atoms with Crippen molar-refractivity contribution in [3.05, 3.63) is 21.4 Å². The van der Waals surface area contributed by atoms with E-state index in [4.69, 9.17) is 5.11 Å². The van der Waals surface area contributed by atoms with Crippen LogP contribution in [0, 0.1) is 12.8 Å². The number of carboxylic acid groups (broad SMARTS) is 1. The molecule has 1 fully saturated rings. The Balaban J connectivity index is 2.03. The van der Waals surface area contributed by atoms with Crippen molar-refractivity contribution in [2.75, 3.05) is 19.6 Å². The summed E-state index contributed by atoms with van der Waals surface area (Å²) in [6.07, 6.45) is 3.75. The molecule has 1 unspecified atom stereocenters. The molecule has 2 N–H and O–H groups in total. The van der Waals surface area contributed by atoms with Gasteiger partial charge in [-0.3, -0.25) is 4.79 Å². The first-order valence-electron chi connectivity index (χ1n) is 8.25. The summed E-state index contributed by atoms with van der Waals surface area (Å²) >= 11 is 1.15. The first kappa shape index (κ1) is 17.9. The van der Waals surface area contributed by atoms with Gasteiger partial charge in [-0.1, -0.05) is 20.3 Å². The molecule has 6 heteroatoms. The summed E-state index contributed by atoms with van der Waals surface area (Å²) in [7, 11) is 0. The molecule has 1 amide bonds. The third-order valence-electron chi connectivity index (χ3n) is 4.40. The highest BCUT2D eigenvalue weighted by Gasteiger charge is 2.23. The number of carbonyl (C=O) groups excluding carboxylic acids is 1. The molecular weight excluding hydrogens is 312 g/mol. The SMILES string of the molecule is Cc1sc(C(=O)O)cc1C(=O)NC(CN1CCCCC1)C(C)C. The van der Waals surface area contributed by atoms with Crippen LogP contribution >= 0.6 is 11.3 Å². The van der Waals surface area contributed by atoms with Gasteiger partial charge in [-0.05, 0) is 44.8 Å². The lowest BCUT2D eigenvalue weighted by Gasteiger charge is -2.32. The number of nitrogens with one attached hydrogen (secondary N) is 1. The van der Waals surface area contributed by atoms with E-state index in [1.165, 1.54) is 25.3 Å². The van der Waals surface area contributed by atoms with Gasteiger partial charge in [-0.15, -0.1) is 11.3 Å². The fourth-order valence-corrected chi connectivity index (χ4v) is 3.76. The van der Waals surface area contributed by atoms with Gasteiger partial charge in [0.2, 0.25) is 0 Å². The molecule has 0 aromatic carbocycles. The predicted octanol–water partition coefficient (Wildman–Crippen LogP) is 3.00. The lowest BCUT2D eigenvalue weighted by Crippen LogP contribution is -2.48. The van der Waals surface area contributed by atoms with Crippen LogP contribution in [0.5, 0.6) is 0 Å². The molecule has 5 nitrogen and oxygen atoms in total. The van der Waals surface area contributed by atoms with E-state index in [2.05, 4.69) is 24.1 Å². The fraction of sp³-hybridized carbons (Fsp3) is 0.647. The molecule has 1 aliphatic heterocycles. The Morgan fingerprint density at radius 2 is 1.96 bits per heavy atom. The number of aryl methyl sites for hydroxylation is 1. The number of nitrogens with zero attached hydrogens (tertiary/aromatic N) is 1. The summed E-state index contributed by atoms with van der Waals surface area (Å²) < 4.78 is 0. The van der Waals surface area contributed by atoms with Crippen molar-refractivity contribution in [2.24, 2.45) is 5.92 Å². The number of amides is 1. The monoisotopic (exact) mass is 338 g/mol. The van der Waals surface area contributed by atoms with E-state index in [-0.39, 0.29) is 16.8 Å². The zero-order valence-corrected chi connectivity index (χ0v) is 14.9. The first-order chi connectivity index (χ1) is 10.9. The van der Waals surface area contributed by atoms with E-state index >= 15 is 0 Å². The second kappa shape index (κ2) is 7.93. The van der Waals surface area contributed by atoms with Crippen molar-refractivity contribution in [2.45, 2.75) is 46.1 Å². The number of carboxylic acids is 1. The number of rotatable bonds is 6. The Morgan fingerprint density at radius 3 is 2.48 bits per heavy atom. The van der Waals surface area contributed by atoms with Crippen LogP contribution in [0.2, 0.25) is 0 Å². The van der Waals surface area contributed by atoms with Gasteiger partial charge in [-0.2, -0.15) is 0 Å². The summed E-state index contributed by atoms with van der Waals surface area (Å²) in [5.41, 5.74) is 0.483. The number of likely N-dealkylation sites (tertiary alicyclic amines) is 1. The van der Waals surface area contributed by atoms with Gasteiger partial charge in [0.05, 0.1) is 5.56 Å². The molecular formula is C17H26N2O3S. The fourth-order valence-electron chi connectivity index (χ4n) is 2.90. The minimum absolute atomic E-state index is 0.0770. The molecule has 0 radical (unpaired) electrons. The van der Waals surface area contributed by atoms with Crippen LogP contribution in [0.25, 0.3) is 0 Å². The lowest BCUT2D eigenvalue weighted by atomic mass is 10.0. The van der Waals surface area contributed by atoms with Gasteiger partial charge in [-0.25, -0.2) is 4.79 Å². The highest BCUT2D eigenvalue weighted by Crippen LogP contribution is 2.22. The summed E-state index contributed by atoms with van der Waals surface area (Å²) in [4.78, 5) is 27.0. The molecule has 0 bridgehead atoms. The zero-order chi connectivity index (χ0) is 17.0. The minimum Gasteiger partial charge on any atom is -0.477 e. The largest absolute Gasteiger partial charge is 0.477 e. The number of hydrogen-bond acceptors (Lipinski definition) is 4. The quantitative estimate of drug-likeness (QED) is 0.836. The topological polar surface area (TPSA) is 69.6 Å². The molecule has 2 heterocycles. The van der Waals surface area contributed by atoms with Gasteiger partial charge < -0.3 is 15.3 Å². The highest BCUT2D eigenvalue weighted by molar-refractivity contribution is 7.14. The van der Waals surface area contributed by atoms with E-state index in [0.717, 1.165) is 35.8 Å². The summed E-state index contributed by atoms with van der Waals surface area (Å²) in [5, 5.41) is 12.2.